The summed E-state index contributed by atoms with van der Waals surface area (Å²) in [6, 6.07) is 0. The zero-order chi connectivity index (χ0) is 39.2. The van der Waals surface area contributed by atoms with Crippen LogP contribution in [-0.2, 0) is 4.79 Å². The first-order valence-electron chi connectivity index (χ1n) is 25.0. The number of carboxylic acid groups (broad SMARTS) is 1. The quantitative estimate of drug-likeness (QED) is 0.0497. The summed E-state index contributed by atoms with van der Waals surface area (Å²) >= 11 is 0. The molecule has 53 heavy (non-hydrogen) atoms. The molecule has 0 aliphatic heterocycles. The molecule has 0 aromatic rings. The second-order valence-electron chi connectivity index (χ2n) is 17.5. The largest absolute Gasteiger partial charge is 0.481 e. The average molecular weight is 751 g/mol. The predicted molar refractivity (Wildman–Crippen MR) is 240 cm³/mol. The van der Waals surface area contributed by atoms with Crippen LogP contribution in [0.15, 0.2) is 0 Å². The van der Waals surface area contributed by atoms with Crippen molar-refractivity contribution in [1.29, 1.82) is 0 Å². The van der Waals surface area contributed by atoms with Gasteiger partial charge in [-0.1, -0.05) is 233 Å². The maximum absolute atomic E-state index is 9.00. The van der Waals surface area contributed by atoms with Crippen LogP contribution < -0.4 is 0 Å². The van der Waals surface area contributed by atoms with Crippen LogP contribution >= 0.6 is 0 Å². The van der Waals surface area contributed by atoms with E-state index in [1.807, 2.05) is 0 Å². The van der Waals surface area contributed by atoms with Crippen molar-refractivity contribution in [3.05, 3.63) is 0 Å². The van der Waals surface area contributed by atoms with Gasteiger partial charge in [-0.15, -0.1) is 0 Å². The van der Waals surface area contributed by atoms with Gasteiger partial charge in [0.2, 0.25) is 0 Å². The minimum atomic E-state index is -0.833. The van der Waals surface area contributed by atoms with Crippen molar-refractivity contribution in [2.75, 3.05) is 26.2 Å². The Morgan fingerprint density at radius 1 is 0.283 bits per heavy atom. The number of nitrogens with zero attached hydrogens (tertiary/aromatic N) is 1. The molecule has 0 rings (SSSR count). The molecule has 0 amide bonds. The van der Waals surface area contributed by atoms with E-state index in [2.05, 4.69) is 27.7 Å². The number of carboxylic acids is 1. The number of hydrogen-bond donors (Lipinski definition) is 1. The summed E-state index contributed by atoms with van der Waals surface area (Å²) in [7, 11) is 0. The van der Waals surface area contributed by atoms with E-state index in [4.69, 9.17) is 9.90 Å². The third-order valence-electron chi connectivity index (χ3n) is 11.9. The van der Waals surface area contributed by atoms with Crippen molar-refractivity contribution in [2.45, 2.75) is 291 Å². The SMILES string of the molecule is CC(=O)O.CCCCCCCCCCCC[N+](CCCCCCCCCCCC)(CCCCCCCCCCCC)CCCCCCCCCCCC. The highest BCUT2D eigenvalue weighted by Gasteiger charge is 2.25. The molecule has 0 aliphatic carbocycles. The van der Waals surface area contributed by atoms with Gasteiger partial charge >= 0.3 is 0 Å². The Balaban J connectivity index is 0. The Morgan fingerprint density at radius 2 is 0.396 bits per heavy atom. The smallest absolute Gasteiger partial charge is 0.300 e. The molecule has 0 atom stereocenters. The fraction of sp³-hybridized carbons (Fsp3) is 0.980. The lowest BCUT2D eigenvalue weighted by molar-refractivity contribution is -0.929. The Hall–Kier alpha value is -0.570. The average Bonchev–Trinajstić information content (AvgIpc) is 3.14. The maximum atomic E-state index is 9.00. The van der Waals surface area contributed by atoms with Crippen LogP contribution in [0.2, 0.25) is 0 Å². The molecular formula is C50H104NO2+. The summed E-state index contributed by atoms with van der Waals surface area (Å²) in [5.41, 5.74) is 0. The number of aliphatic carboxylic acids is 1. The standard InChI is InChI=1S/C48H100N.C2H4O2/c1-5-9-13-17-21-25-29-33-37-41-45-49(46-42-38-34-30-26-22-18-14-10-6-2,47-43-39-35-31-27-23-19-15-11-7-3)48-44-40-36-32-28-24-20-16-12-8-4;1-2(3)4/h5-48H2,1-4H3;1H3,(H,3,4)/q+1;. The third-order valence-corrected chi connectivity index (χ3v) is 11.9. The van der Waals surface area contributed by atoms with Crippen LogP contribution in [0.5, 0.6) is 0 Å². The molecule has 3 nitrogen and oxygen atoms in total. The molecule has 0 radical (unpaired) electrons. The van der Waals surface area contributed by atoms with Gasteiger partial charge in [-0.25, -0.2) is 0 Å². The maximum Gasteiger partial charge on any atom is 0.300 e. The molecular weight excluding hydrogens is 647 g/mol. The first-order chi connectivity index (χ1) is 26.0. The van der Waals surface area contributed by atoms with E-state index in [9.17, 15) is 0 Å². The van der Waals surface area contributed by atoms with Gasteiger partial charge in [0.15, 0.2) is 0 Å². The minimum Gasteiger partial charge on any atom is -0.481 e. The number of carbonyl (C=O) groups is 1. The fourth-order valence-corrected chi connectivity index (χ4v) is 8.41. The summed E-state index contributed by atoms with van der Waals surface area (Å²) < 4.78 is 1.49. The Labute approximate surface area is 337 Å². The monoisotopic (exact) mass is 751 g/mol. The molecule has 0 fully saturated rings. The van der Waals surface area contributed by atoms with E-state index >= 15 is 0 Å². The lowest BCUT2D eigenvalue weighted by Gasteiger charge is -2.40. The second kappa shape index (κ2) is 47.6. The van der Waals surface area contributed by atoms with Gasteiger partial charge in [0.25, 0.3) is 5.97 Å². The lowest BCUT2D eigenvalue weighted by Crippen LogP contribution is -2.50. The van der Waals surface area contributed by atoms with E-state index < -0.39 is 5.97 Å². The van der Waals surface area contributed by atoms with Gasteiger partial charge in [-0.05, 0) is 51.4 Å². The van der Waals surface area contributed by atoms with Crippen molar-refractivity contribution in [3.8, 4) is 0 Å². The van der Waals surface area contributed by atoms with Crippen molar-refractivity contribution < 1.29 is 14.4 Å². The van der Waals surface area contributed by atoms with Crippen LogP contribution in [-0.4, -0.2) is 41.7 Å². The normalized spacial score (nSPS) is 11.6. The molecule has 0 aromatic carbocycles. The Morgan fingerprint density at radius 3 is 0.528 bits per heavy atom. The van der Waals surface area contributed by atoms with Gasteiger partial charge in [0, 0.05) is 6.92 Å². The molecule has 3 heteroatoms. The minimum absolute atomic E-state index is 0.833. The van der Waals surface area contributed by atoms with Crippen LogP contribution in [0, 0.1) is 0 Å². The Kier molecular flexibility index (Phi) is 49.0. The van der Waals surface area contributed by atoms with Crippen molar-refractivity contribution in [1.82, 2.24) is 0 Å². The molecule has 320 valence electrons. The predicted octanol–water partition coefficient (Wildman–Crippen LogP) is 17.6. The van der Waals surface area contributed by atoms with Gasteiger partial charge in [0.1, 0.15) is 0 Å². The first-order valence-corrected chi connectivity index (χ1v) is 25.0. The van der Waals surface area contributed by atoms with Crippen LogP contribution in [0.3, 0.4) is 0 Å². The van der Waals surface area contributed by atoms with Gasteiger partial charge in [-0.3, -0.25) is 4.79 Å². The number of hydrogen-bond acceptors (Lipinski definition) is 1. The van der Waals surface area contributed by atoms with Crippen molar-refractivity contribution in [2.24, 2.45) is 0 Å². The molecule has 0 aliphatic rings. The zero-order valence-electron chi connectivity index (χ0n) is 37.9. The highest BCUT2D eigenvalue weighted by molar-refractivity contribution is 5.62. The summed E-state index contributed by atoms with van der Waals surface area (Å²) in [6.07, 6.45) is 58.7. The highest BCUT2D eigenvalue weighted by atomic mass is 16.4. The first kappa shape index (κ1) is 54.5. The molecule has 0 spiro atoms. The van der Waals surface area contributed by atoms with E-state index in [0.29, 0.717) is 0 Å². The molecule has 0 unspecified atom stereocenters. The summed E-state index contributed by atoms with van der Waals surface area (Å²) in [5, 5.41) is 7.42. The molecule has 0 heterocycles. The van der Waals surface area contributed by atoms with Gasteiger partial charge in [-0.2, -0.15) is 0 Å². The topological polar surface area (TPSA) is 37.3 Å². The van der Waals surface area contributed by atoms with Crippen LogP contribution in [0.1, 0.15) is 291 Å². The van der Waals surface area contributed by atoms with E-state index in [1.165, 1.54) is 287 Å². The summed E-state index contributed by atoms with van der Waals surface area (Å²) in [6.45, 7) is 16.4. The van der Waals surface area contributed by atoms with Crippen molar-refractivity contribution >= 4 is 5.97 Å². The van der Waals surface area contributed by atoms with Gasteiger partial charge < -0.3 is 9.59 Å². The molecule has 0 saturated heterocycles. The van der Waals surface area contributed by atoms with Gasteiger partial charge in [0.05, 0.1) is 26.2 Å². The fourth-order valence-electron chi connectivity index (χ4n) is 8.41. The van der Waals surface area contributed by atoms with Crippen molar-refractivity contribution in [3.63, 3.8) is 0 Å². The zero-order valence-corrected chi connectivity index (χ0v) is 37.9. The van der Waals surface area contributed by atoms with E-state index in [0.717, 1.165) is 6.92 Å². The molecule has 0 bridgehead atoms. The molecule has 0 aromatic heterocycles. The van der Waals surface area contributed by atoms with Crippen LogP contribution in [0.4, 0.5) is 0 Å². The lowest BCUT2D eigenvalue weighted by atomic mass is 10.0. The number of unbranched alkanes of at least 4 members (excludes halogenated alkanes) is 36. The van der Waals surface area contributed by atoms with E-state index in [-0.39, 0.29) is 0 Å². The number of rotatable bonds is 44. The summed E-state index contributed by atoms with van der Waals surface area (Å²) in [5.74, 6) is -0.833. The second-order valence-corrected chi connectivity index (χ2v) is 17.5. The highest BCUT2D eigenvalue weighted by Crippen LogP contribution is 2.22. The molecule has 0 saturated carbocycles. The van der Waals surface area contributed by atoms with E-state index in [1.54, 1.807) is 0 Å². The third kappa shape index (κ3) is 47.5. The Bertz CT molecular complexity index is 558. The molecule has 1 N–H and O–H groups in total. The number of quaternary nitrogens is 1. The van der Waals surface area contributed by atoms with Crippen LogP contribution in [0.25, 0.3) is 0 Å². The summed E-state index contributed by atoms with van der Waals surface area (Å²) in [4.78, 5) is 9.00.